The van der Waals surface area contributed by atoms with Crippen molar-refractivity contribution in [3.63, 3.8) is 0 Å². The highest BCUT2D eigenvalue weighted by molar-refractivity contribution is 7.09. The van der Waals surface area contributed by atoms with Crippen LogP contribution in [0.15, 0.2) is 29.6 Å². The molecule has 0 bridgehead atoms. The van der Waals surface area contributed by atoms with E-state index in [-0.39, 0.29) is 17.7 Å². The molecule has 1 atom stereocenters. The van der Waals surface area contributed by atoms with Gasteiger partial charge in [-0.25, -0.2) is 4.98 Å². The molecule has 1 aliphatic rings. The molecule has 1 aromatic carbocycles. The van der Waals surface area contributed by atoms with Gasteiger partial charge >= 0.3 is 0 Å². The monoisotopic (exact) mass is 377 g/mol. The van der Waals surface area contributed by atoms with Crippen LogP contribution in [0.3, 0.4) is 0 Å². The predicted molar refractivity (Wildman–Crippen MR) is 98.3 cm³/mol. The second-order valence-electron chi connectivity index (χ2n) is 6.24. The van der Waals surface area contributed by atoms with E-state index in [0.717, 1.165) is 16.3 Å². The first-order chi connectivity index (χ1) is 12.0. The minimum atomic E-state index is -0.175. The largest absolute Gasteiger partial charge is 0.349 e. The third-order valence-electron chi connectivity index (χ3n) is 4.24. The molecule has 0 saturated carbocycles. The summed E-state index contributed by atoms with van der Waals surface area (Å²) in [7, 11) is 0. The molecular formula is C18H20ClN3O2S. The van der Waals surface area contributed by atoms with Crippen LogP contribution in [-0.4, -0.2) is 28.2 Å². The molecule has 3 rings (SSSR count). The highest BCUT2D eigenvalue weighted by atomic mass is 35.5. The summed E-state index contributed by atoms with van der Waals surface area (Å²) in [6, 6.07) is 7.44. The van der Waals surface area contributed by atoms with E-state index in [9.17, 15) is 9.59 Å². The molecule has 2 heterocycles. The first kappa shape index (κ1) is 17.9. The predicted octanol–water partition coefficient (Wildman–Crippen LogP) is 3.16. The summed E-state index contributed by atoms with van der Waals surface area (Å²) in [6.07, 6.45) is 1.00. The van der Waals surface area contributed by atoms with Crippen molar-refractivity contribution in [2.45, 2.75) is 32.9 Å². The molecule has 1 N–H and O–H groups in total. The number of hydrogen-bond acceptors (Lipinski definition) is 4. The summed E-state index contributed by atoms with van der Waals surface area (Å²) < 4.78 is 0. The van der Waals surface area contributed by atoms with Crippen LogP contribution in [-0.2, 0) is 22.7 Å². The van der Waals surface area contributed by atoms with Crippen LogP contribution in [0.4, 0.5) is 0 Å². The van der Waals surface area contributed by atoms with E-state index in [1.807, 2.05) is 36.6 Å². The van der Waals surface area contributed by atoms with Crippen LogP contribution in [0.25, 0.3) is 0 Å². The van der Waals surface area contributed by atoms with Crippen LogP contribution in [0.1, 0.15) is 29.1 Å². The van der Waals surface area contributed by atoms with Gasteiger partial charge < -0.3 is 10.2 Å². The number of hydrogen-bond donors (Lipinski definition) is 1. The maximum Gasteiger partial charge on any atom is 0.225 e. The van der Waals surface area contributed by atoms with Crippen molar-refractivity contribution in [2.24, 2.45) is 5.92 Å². The van der Waals surface area contributed by atoms with Crippen molar-refractivity contribution in [1.29, 1.82) is 0 Å². The summed E-state index contributed by atoms with van der Waals surface area (Å²) in [5.41, 5.74) is 1.98. The van der Waals surface area contributed by atoms with E-state index in [1.54, 1.807) is 16.2 Å². The number of carbonyl (C=O) groups is 2. The van der Waals surface area contributed by atoms with E-state index in [0.29, 0.717) is 37.5 Å². The standard InChI is InChI=1S/C18H20ClN3O2S/c1-12-11-25-16(21-12)8-20-18(24)14-4-7-17(23)22(10-14)9-13-2-5-15(19)6-3-13/h2-3,5-6,11,14H,4,7-10H2,1H3,(H,20,24)/t14-/m1/s1. The minimum absolute atomic E-state index is 0.0125. The molecular weight excluding hydrogens is 358 g/mol. The first-order valence-corrected chi connectivity index (χ1v) is 9.48. The lowest BCUT2D eigenvalue weighted by Crippen LogP contribution is -2.45. The Morgan fingerprint density at radius 3 is 2.84 bits per heavy atom. The van der Waals surface area contributed by atoms with Crippen molar-refractivity contribution in [2.75, 3.05) is 6.54 Å². The third-order valence-corrected chi connectivity index (χ3v) is 5.46. The van der Waals surface area contributed by atoms with Gasteiger partial charge in [-0.3, -0.25) is 9.59 Å². The molecule has 7 heteroatoms. The molecule has 0 aliphatic carbocycles. The fourth-order valence-corrected chi connectivity index (χ4v) is 3.72. The van der Waals surface area contributed by atoms with Crippen LogP contribution in [0.5, 0.6) is 0 Å². The molecule has 25 heavy (non-hydrogen) atoms. The molecule has 1 aliphatic heterocycles. The Bertz CT molecular complexity index is 760. The molecule has 0 radical (unpaired) electrons. The van der Waals surface area contributed by atoms with Gasteiger partial charge in [-0.2, -0.15) is 0 Å². The van der Waals surface area contributed by atoms with Crippen molar-refractivity contribution >= 4 is 34.8 Å². The zero-order valence-corrected chi connectivity index (χ0v) is 15.6. The Morgan fingerprint density at radius 2 is 2.16 bits per heavy atom. The maximum absolute atomic E-state index is 12.4. The molecule has 5 nitrogen and oxygen atoms in total. The van der Waals surface area contributed by atoms with Crippen LogP contribution < -0.4 is 5.32 Å². The van der Waals surface area contributed by atoms with E-state index >= 15 is 0 Å². The van der Waals surface area contributed by atoms with Crippen LogP contribution >= 0.6 is 22.9 Å². The van der Waals surface area contributed by atoms with Gasteiger partial charge in [-0.1, -0.05) is 23.7 Å². The number of halogens is 1. The lowest BCUT2D eigenvalue weighted by atomic mass is 9.96. The maximum atomic E-state index is 12.4. The SMILES string of the molecule is Cc1csc(CNC(=O)[C@@H]2CCC(=O)N(Cc3ccc(Cl)cc3)C2)n1. The number of benzene rings is 1. The normalized spacial score (nSPS) is 17.6. The molecule has 0 spiro atoms. The van der Waals surface area contributed by atoms with Gasteiger partial charge in [-0.15, -0.1) is 11.3 Å². The summed E-state index contributed by atoms with van der Waals surface area (Å²) in [5.74, 6) is -0.0953. The van der Waals surface area contributed by atoms with Gasteiger partial charge in [0.05, 0.1) is 12.5 Å². The Kier molecular flexibility index (Phi) is 5.71. The van der Waals surface area contributed by atoms with Crippen molar-refractivity contribution in [1.82, 2.24) is 15.2 Å². The average molecular weight is 378 g/mol. The number of nitrogens with one attached hydrogen (secondary N) is 1. The van der Waals surface area contributed by atoms with Gasteiger partial charge in [0.1, 0.15) is 5.01 Å². The zero-order chi connectivity index (χ0) is 17.8. The molecule has 2 amide bonds. The van der Waals surface area contributed by atoms with Crippen molar-refractivity contribution in [3.05, 3.63) is 50.9 Å². The highest BCUT2D eigenvalue weighted by Gasteiger charge is 2.30. The summed E-state index contributed by atoms with van der Waals surface area (Å²) in [5, 5.41) is 6.48. The highest BCUT2D eigenvalue weighted by Crippen LogP contribution is 2.21. The molecule has 1 saturated heterocycles. The smallest absolute Gasteiger partial charge is 0.225 e. The van der Waals surface area contributed by atoms with E-state index in [2.05, 4.69) is 10.3 Å². The minimum Gasteiger partial charge on any atom is -0.349 e. The second-order valence-corrected chi connectivity index (χ2v) is 7.62. The van der Waals surface area contributed by atoms with Crippen molar-refractivity contribution < 1.29 is 9.59 Å². The third kappa shape index (κ3) is 4.80. The van der Waals surface area contributed by atoms with Gasteiger partial charge in [0.25, 0.3) is 0 Å². The first-order valence-electron chi connectivity index (χ1n) is 8.22. The molecule has 0 unspecified atom stereocenters. The number of nitrogens with zero attached hydrogens (tertiary/aromatic N) is 2. The number of likely N-dealkylation sites (tertiary alicyclic amines) is 1. The Balaban J connectivity index is 1.56. The van der Waals surface area contributed by atoms with E-state index in [1.165, 1.54) is 0 Å². The fraction of sp³-hybridized carbons (Fsp3) is 0.389. The lowest BCUT2D eigenvalue weighted by Gasteiger charge is -2.32. The van der Waals surface area contributed by atoms with Gasteiger partial charge in [-0.05, 0) is 31.0 Å². The second kappa shape index (κ2) is 7.97. The quantitative estimate of drug-likeness (QED) is 0.870. The molecule has 1 fully saturated rings. The number of aromatic nitrogens is 1. The van der Waals surface area contributed by atoms with Crippen molar-refractivity contribution in [3.8, 4) is 0 Å². The van der Waals surface area contributed by atoms with Crippen LogP contribution in [0.2, 0.25) is 5.02 Å². The molecule has 1 aromatic heterocycles. The van der Waals surface area contributed by atoms with E-state index in [4.69, 9.17) is 11.6 Å². The van der Waals surface area contributed by atoms with E-state index < -0.39 is 0 Å². The van der Waals surface area contributed by atoms with Gasteiger partial charge in [0.2, 0.25) is 11.8 Å². The average Bonchev–Trinajstić information content (AvgIpc) is 3.02. The van der Waals surface area contributed by atoms with Crippen LogP contribution in [0, 0.1) is 12.8 Å². The number of carbonyl (C=O) groups excluding carboxylic acids is 2. The van der Waals surface area contributed by atoms with Gasteiger partial charge in [0, 0.05) is 35.6 Å². The lowest BCUT2D eigenvalue weighted by molar-refractivity contribution is -0.138. The molecule has 132 valence electrons. The summed E-state index contributed by atoms with van der Waals surface area (Å²) in [4.78, 5) is 30.7. The number of rotatable bonds is 5. The summed E-state index contributed by atoms with van der Waals surface area (Å²) in [6.45, 7) is 3.33. The Hall–Kier alpha value is -1.92. The number of aryl methyl sites for hydroxylation is 1. The molecule has 2 aromatic rings. The topological polar surface area (TPSA) is 62.3 Å². The number of amides is 2. The fourth-order valence-electron chi connectivity index (χ4n) is 2.88. The van der Waals surface area contributed by atoms with Gasteiger partial charge in [0.15, 0.2) is 0 Å². The number of thiazole rings is 1. The Labute approximate surface area is 156 Å². The zero-order valence-electron chi connectivity index (χ0n) is 14.0. The Morgan fingerprint density at radius 1 is 1.40 bits per heavy atom. The summed E-state index contributed by atoms with van der Waals surface area (Å²) >= 11 is 7.44. The number of piperidine rings is 1.